The summed E-state index contributed by atoms with van der Waals surface area (Å²) in [4.78, 5) is 17.2. The van der Waals surface area contributed by atoms with E-state index in [1.807, 2.05) is 36.5 Å². The Morgan fingerprint density at radius 2 is 2.08 bits per heavy atom. The molecule has 120 valence electrons. The van der Waals surface area contributed by atoms with E-state index in [9.17, 15) is 4.79 Å². The van der Waals surface area contributed by atoms with E-state index in [2.05, 4.69) is 16.5 Å². The van der Waals surface area contributed by atoms with Crippen LogP contribution >= 0.6 is 11.3 Å². The van der Waals surface area contributed by atoms with Crippen molar-refractivity contribution >= 4 is 32.5 Å². The van der Waals surface area contributed by atoms with E-state index < -0.39 is 0 Å². The Hall–Kier alpha value is -2.70. The Balaban J connectivity index is 1.70. The van der Waals surface area contributed by atoms with Crippen molar-refractivity contribution in [1.29, 1.82) is 0 Å². The van der Waals surface area contributed by atoms with Crippen LogP contribution < -0.4 is 10.5 Å². The van der Waals surface area contributed by atoms with Gasteiger partial charge in [-0.3, -0.25) is 9.20 Å². The number of para-hydroxylation sites is 1. The largest absolute Gasteiger partial charge is 0.426 e. The molecule has 5 nitrogen and oxygen atoms in total. The number of hydrogen-bond donors (Lipinski definition) is 1. The van der Waals surface area contributed by atoms with E-state index in [-0.39, 0.29) is 18.9 Å². The summed E-state index contributed by atoms with van der Waals surface area (Å²) in [6.07, 6.45) is 2.21. The molecule has 0 spiro atoms. The van der Waals surface area contributed by atoms with E-state index in [0.29, 0.717) is 5.75 Å². The third kappa shape index (κ3) is 2.66. The van der Waals surface area contributed by atoms with E-state index in [1.54, 1.807) is 17.4 Å². The monoisotopic (exact) mass is 337 g/mol. The van der Waals surface area contributed by atoms with Gasteiger partial charge in [0.15, 0.2) is 4.96 Å². The van der Waals surface area contributed by atoms with Crippen LogP contribution in [0.4, 0.5) is 0 Å². The second-order valence-corrected chi connectivity index (χ2v) is 6.40. The first kappa shape index (κ1) is 14.9. The van der Waals surface area contributed by atoms with Gasteiger partial charge in [-0.05, 0) is 24.3 Å². The standard InChI is InChI=1S/C18H15N3O2S/c19-9-8-17(22)23-13-5-3-4-12(10-13)14-11-21-15-6-1-2-7-16(15)24-18(21)20-14/h1-7,10-11H,8-9,19H2. The summed E-state index contributed by atoms with van der Waals surface area (Å²) in [6.45, 7) is 0.281. The second kappa shape index (κ2) is 6.07. The number of carbonyl (C=O) groups excluding carboxylic acids is 1. The van der Waals surface area contributed by atoms with Crippen molar-refractivity contribution < 1.29 is 9.53 Å². The summed E-state index contributed by atoms with van der Waals surface area (Å²) < 4.78 is 8.58. The molecule has 0 atom stereocenters. The lowest BCUT2D eigenvalue weighted by Crippen LogP contribution is -2.13. The van der Waals surface area contributed by atoms with Gasteiger partial charge < -0.3 is 10.5 Å². The minimum atomic E-state index is -0.327. The SMILES string of the molecule is NCCC(=O)Oc1cccc(-c2cn3c(n2)sc2ccccc23)c1. The summed E-state index contributed by atoms with van der Waals surface area (Å²) in [5.41, 5.74) is 8.27. The summed E-state index contributed by atoms with van der Waals surface area (Å²) in [7, 11) is 0. The van der Waals surface area contributed by atoms with Crippen LogP contribution in [0.1, 0.15) is 6.42 Å². The average molecular weight is 337 g/mol. The number of nitrogens with two attached hydrogens (primary N) is 1. The van der Waals surface area contributed by atoms with Crippen molar-refractivity contribution in [2.24, 2.45) is 5.73 Å². The molecule has 6 heteroatoms. The van der Waals surface area contributed by atoms with E-state index in [4.69, 9.17) is 15.5 Å². The zero-order chi connectivity index (χ0) is 16.5. The molecule has 24 heavy (non-hydrogen) atoms. The zero-order valence-electron chi connectivity index (χ0n) is 12.8. The van der Waals surface area contributed by atoms with E-state index in [0.717, 1.165) is 21.7 Å². The number of nitrogens with zero attached hydrogens (tertiary/aromatic N) is 2. The van der Waals surface area contributed by atoms with Crippen molar-refractivity contribution in [3.8, 4) is 17.0 Å². The lowest BCUT2D eigenvalue weighted by molar-refractivity contribution is -0.134. The second-order valence-electron chi connectivity index (χ2n) is 5.39. The van der Waals surface area contributed by atoms with Crippen molar-refractivity contribution in [2.75, 3.05) is 6.54 Å². The topological polar surface area (TPSA) is 69.6 Å². The molecule has 4 rings (SSSR count). The van der Waals surface area contributed by atoms with Crippen LogP contribution in [0.15, 0.2) is 54.7 Å². The molecule has 2 aromatic heterocycles. The van der Waals surface area contributed by atoms with Crippen LogP contribution in [0.5, 0.6) is 5.75 Å². The smallest absolute Gasteiger partial charge is 0.312 e. The molecule has 0 aliphatic carbocycles. The summed E-state index contributed by atoms with van der Waals surface area (Å²) in [5, 5.41) is 0. The number of carbonyl (C=O) groups is 1. The minimum absolute atomic E-state index is 0.205. The Labute approximate surface area is 142 Å². The predicted molar refractivity (Wildman–Crippen MR) is 95.3 cm³/mol. The Kier molecular flexibility index (Phi) is 3.76. The van der Waals surface area contributed by atoms with E-state index >= 15 is 0 Å². The maximum Gasteiger partial charge on any atom is 0.312 e. The number of ether oxygens (including phenoxy) is 1. The Bertz CT molecular complexity index is 1040. The maximum atomic E-state index is 11.6. The minimum Gasteiger partial charge on any atom is -0.426 e. The first-order chi connectivity index (χ1) is 11.7. The molecule has 0 amide bonds. The van der Waals surface area contributed by atoms with Crippen LogP contribution in [0.25, 0.3) is 26.4 Å². The molecule has 0 bridgehead atoms. The fourth-order valence-electron chi connectivity index (χ4n) is 2.61. The number of benzene rings is 2. The van der Waals surface area contributed by atoms with Crippen LogP contribution in [-0.4, -0.2) is 21.9 Å². The average Bonchev–Trinajstić information content (AvgIpc) is 3.13. The van der Waals surface area contributed by atoms with Crippen molar-refractivity contribution in [3.63, 3.8) is 0 Å². The third-order valence-electron chi connectivity index (χ3n) is 3.71. The molecule has 0 aliphatic rings. The first-order valence-corrected chi connectivity index (χ1v) is 8.44. The maximum absolute atomic E-state index is 11.6. The van der Waals surface area contributed by atoms with Gasteiger partial charge in [-0.25, -0.2) is 4.98 Å². The summed E-state index contributed by atoms with van der Waals surface area (Å²) in [6, 6.07) is 15.6. The van der Waals surface area contributed by atoms with E-state index in [1.165, 1.54) is 4.70 Å². The molecule has 0 aliphatic heterocycles. The van der Waals surface area contributed by atoms with Crippen LogP contribution in [-0.2, 0) is 4.79 Å². The highest BCUT2D eigenvalue weighted by atomic mass is 32.1. The highest BCUT2D eigenvalue weighted by Gasteiger charge is 2.11. The van der Waals surface area contributed by atoms with Gasteiger partial charge in [0.1, 0.15) is 5.75 Å². The van der Waals surface area contributed by atoms with Gasteiger partial charge in [0.05, 0.1) is 22.3 Å². The fourth-order valence-corrected chi connectivity index (χ4v) is 3.61. The van der Waals surface area contributed by atoms with Gasteiger partial charge >= 0.3 is 5.97 Å². The van der Waals surface area contributed by atoms with Gasteiger partial charge in [-0.2, -0.15) is 0 Å². The van der Waals surface area contributed by atoms with Crippen molar-refractivity contribution in [1.82, 2.24) is 9.38 Å². The molecular formula is C18H15N3O2S. The number of aromatic nitrogens is 2. The molecule has 0 radical (unpaired) electrons. The number of esters is 1. The number of imidazole rings is 1. The van der Waals surface area contributed by atoms with Crippen molar-refractivity contribution in [2.45, 2.75) is 6.42 Å². The molecule has 0 fully saturated rings. The molecular weight excluding hydrogens is 322 g/mol. The van der Waals surface area contributed by atoms with Gasteiger partial charge in [0.25, 0.3) is 0 Å². The predicted octanol–water partition coefficient (Wildman–Crippen LogP) is 3.47. The zero-order valence-corrected chi connectivity index (χ0v) is 13.6. The number of rotatable bonds is 4. The van der Waals surface area contributed by atoms with Crippen LogP contribution in [0.2, 0.25) is 0 Å². The quantitative estimate of drug-likeness (QED) is 0.457. The van der Waals surface area contributed by atoms with Crippen LogP contribution in [0.3, 0.4) is 0 Å². The van der Waals surface area contributed by atoms with Gasteiger partial charge in [0, 0.05) is 18.3 Å². The highest BCUT2D eigenvalue weighted by molar-refractivity contribution is 7.23. The van der Waals surface area contributed by atoms with Gasteiger partial charge in [0.2, 0.25) is 0 Å². The summed E-state index contributed by atoms with van der Waals surface area (Å²) >= 11 is 1.65. The Morgan fingerprint density at radius 1 is 1.21 bits per heavy atom. The number of thiazole rings is 1. The van der Waals surface area contributed by atoms with Crippen LogP contribution in [0, 0.1) is 0 Å². The third-order valence-corrected chi connectivity index (χ3v) is 4.75. The molecule has 2 heterocycles. The number of hydrogen-bond acceptors (Lipinski definition) is 5. The molecule has 0 saturated carbocycles. The molecule has 4 aromatic rings. The molecule has 2 aromatic carbocycles. The van der Waals surface area contributed by atoms with Gasteiger partial charge in [-0.1, -0.05) is 35.6 Å². The first-order valence-electron chi connectivity index (χ1n) is 7.62. The Morgan fingerprint density at radius 3 is 2.96 bits per heavy atom. The van der Waals surface area contributed by atoms with Gasteiger partial charge in [-0.15, -0.1) is 0 Å². The molecule has 0 unspecified atom stereocenters. The van der Waals surface area contributed by atoms with Crippen molar-refractivity contribution in [3.05, 3.63) is 54.7 Å². The molecule has 2 N–H and O–H groups in total. The molecule has 0 saturated heterocycles. The lowest BCUT2D eigenvalue weighted by atomic mass is 10.1. The lowest BCUT2D eigenvalue weighted by Gasteiger charge is -2.04. The fraction of sp³-hybridized carbons (Fsp3) is 0.111. The highest BCUT2D eigenvalue weighted by Crippen LogP contribution is 2.30. The normalized spacial score (nSPS) is 11.2. The number of fused-ring (bicyclic) bond motifs is 3. The summed E-state index contributed by atoms with van der Waals surface area (Å²) in [5.74, 6) is 0.179.